The lowest BCUT2D eigenvalue weighted by molar-refractivity contribution is -0.142. The van der Waals surface area contributed by atoms with Gasteiger partial charge in [0.2, 0.25) is 5.91 Å². The van der Waals surface area contributed by atoms with Gasteiger partial charge in [-0.3, -0.25) is 9.59 Å². The highest BCUT2D eigenvalue weighted by molar-refractivity contribution is 6.35. The number of ether oxygens (including phenoxy) is 1. The maximum atomic E-state index is 13.8. The van der Waals surface area contributed by atoms with E-state index in [9.17, 15) is 14.0 Å². The lowest BCUT2D eigenvalue weighted by Crippen LogP contribution is -2.49. The monoisotopic (exact) mass is 440 g/mol. The third kappa shape index (κ3) is 6.61. The number of benzene rings is 2. The molecule has 0 fully saturated rings. The highest BCUT2D eigenvalue weighted by Crippen LogP contribution is 2.23. The zero-order chi connectivity index (χ0) is 21.4. The molecule has 1 unspecified atom stereocenters. The Hall–Kier alpha value is -2.31. The smallest absolute Gasteiger partial charge is 0.261 e. The fourth-order valence-electron chi connectivity index (χ4n) is 2.60. The molecule has 0 aromatic heterocycles. The van der Waals surface area contributed by atoms with E-state index in [1.165, 1.54) is 23.1 Å². The third-order valence-corrected chi connectivity index (χ3v) is 4.85. The van der Waals surface area contributed by atoms with E-state index in [1.807, 2.05) is 6.92 Å². The number of hydrogen-bond donors (Lipinski definition) is 1. The Labute approximate surface area is 179 Å². The number of nitrogens with zero attached hydrogens (tertiary/aromatic N) is 1. The van der Waals surface area contributed by atoms with Gasteiger partial charge in [-0.15, -0.1) is 0 Å². The molecule has 0 aliphatic rings. The van der Waals surface area contributed by atoms with Crippen LogP contribution in [0.25, 0.3) is 0 Å². The molecule has 2 aromatic carbocycles. The molecular formula is C21H23Cl2FN2O3. The van der Waals surface area contributed by atoms with Gasteiger partial charge in [-0.2, -0.15) is 0 Å². The SMILES string of the molecule is CCCNC(=O)C(C)N(Cc1ccc(Cl)cc1Cl)C(=O)COc1ccccc1F. The lowest BCUT2D eigenvalue weighted by Gasteiger charge is -2.29. The van der Waals surface area contributed by atoms with Crippen molar-refractivity contribution < 1.29 is 18.7 Å². The van der Waals surface area contributed by atoms with Crippen LogP contribution < -0.4 is 10.1 Å². The topological polar surface area (TPSA) is 58.6 Å². The van der Waals surface area contributed by atoms with E-state index >= 15 is 0 Å². The summed E-state index contributed by atoms with van der Waals surface area (Å²) in [6.07, 6.45) is 0.770. The van der Waals surface area contributed by atoms with E-state index in [4.69, 9.17) is 27.9 Å². The van der Waals surface area contributed by atoms with E-state index in [0.29, 0.717) is 22.2 Å². The van der Waals surface area contributed by atoms with Gasteiger partial charge in [-0.05, 0) is 43.2 Å². The largest absolute Gasteiger partial charge is 0.481 e. The number of carbonyl (C=O) groups excluding carboxylic acids is 2. The molecule has 0 saturated carbocycles. The van der Waals surface area contributed by atoms with Crippen LogP contribution in [0.2, 0.25) is 10.0 Å². The molecule has 2 aromatic rings. The Morgan fingerprint density at radius 1 is 1.21 bits per heavy atom. The first-order chi connectivity index (χ1) is 13.8. The molecule has 0 aliphatic heterocycles. The van der Waals surface area contributed by atoms with Gasteiger partial charge >= 0.3 is 0 Å². The molecular weight excluding hydrogens is 418 g/mol. The maximum Gasteiger partial charge on any atom is 0.261 e. The standard InChI is InChI=1S/C21H23Cl2FN2O3/c1-3-10-25-21(28)14(2)26(12-15-8-9-16(22)11-17(15)23)20(27)13-29-19-7-5-4-6-18(19)24/h4-9,11,14H,3,10,12-13H2,1-2H3,(H,25,28). The molecule has 0 saturated heterocycles. The minimum absolute atomic E-state index is 0.0339. The van der Waals surface area contributed by atoms with Crippen molar-refractivity contribution in [3.05, 3.63) is 63.9 Å². The molecule has 1 atom stereocenters. The van der Waals surface area contributed by atoms with Gasteiger partial charge in [-0.1, -0.05) is 48.3 Å². The van der Waals surface area contributed by atoms with Crippen LogP contribution in [-0.2, 0) is 16.1 Å². The van der Waals surface area contributed by atoms with Crippen molar-refractivity contribution >= 4 is 35.0 Å². The average molecular weight is 441 g/mol. The Morgan fingerprint density at radius 3 is 2.59 bits per heavy atom. The van der Waals surface area contributed by atoms with E-state index in [-0.39, 0.29) is 18.2 Å². The number of hydrogen-bond acceptors (Lipinski definition) is 3. The second-order valence-corrected chi connectivity index (χ2v) is 7.29. The molecule has 8 heteroatoms. The normalized spacial score (nSPS) is 11.6. The van der Waals surface area contributed by atoms with E-state index in [0.717, 1.165) is 6.42 Å². The second kappa shape index (κ2) is 11.0. The van der Waals surface area contributed by atoms with E-state index < -0.39 is 24.4 Å². The van der Waals surface area contributed by atoms with Crippen LogP contribution >= 0.6 is 23.2 Å². The summed E-state index contributed by atoms with van der Waals surface area (Å²) < 4.78 is 19.1. The fourth-order valence-corrected chi connectivity index (χ4v) is 3.06. The summed E-state index contributed by atoms with van der Waals surface area (Å²) in [5.41, 5.74) is 0.630. The van der Waals surface area contributed by atoms with Crippen molar-refractivity contribution in [1.29, 1.82) is 0 Å². The third-order valence-electron chi connectivity index (χ3n) is 4.26. The minimum Gasteiger partial charge on any atom is -0.481 e. The number of halogens is 3. The number of carbonyl (C=O) groups is 2. The van der Waals surface area contributed by atoms with Crippen molar-refractivity contribution in [2.45, 2.75) is 32.9 Å². The average Bonchev–Trinajstić information content (AvgIpc) is 2.70. The molecule has 2 rings (SSSR count). The number of nitrogens with one attached hydrogen (secondary N) is 1. The molecule has 156 valence electrons. The highest BCUT2D eigenvalue weighted by atomic mass is 35.5. The first-order valence-electron chi connectivity index (χ1n) is 9.22. The van der Waals surface area contributed by atoms with Crippen LogP contribution in [0.4, 0.5) is 4.39 Å². The number of rotatable bonds is 9. The maximum absolute atomic E-state index is 13.8. The summed E-state index contributed by atoms with van der Waals surface area (Å²) in [5, 5.41) is 3.62. The van der Waals surface area contributed by atoms with Crippen LogP contribution in [0.15, 0.2) is 42.5 Å². The van der Waals surface area contributed by atoms with Crippen molar-refractivity contribution in [3.8, 4) is 5.75 Å². The Bertz CT molecular complexity index is 864. The van der Waals surface area contributed by atoms with Crippen LogP contribution in [-0.4, -0.2) is 35.9 Å². The fraction of sp³-hybridized carbons (Fsp3) is 0.333. The number of para-hydroxylation sites is 1. The molecule has 29 heavy (non-hydrogen) atoms. The molecule has 0 heterocycles. The van der Waals surface area contributed by atoms with E-state index in [1.54, 1.807) is 31.2 Å². The summed E-state index contributed by atoms with van der Waals surface area (Å²) in [5.74, 6) is -1.37. The minimum atomic E-state index is -0.773. The van der Waals surface area contributed by atoms with Gasteiger partial charge in [0.15, 0.2) is 18.2 Å². The van der Waals surface area contributed by atoms with Gasteiger partial charge in [0.1, 0.15) is 6.04 Å². The summed E-state index contributed by atoms with van der Waals surface area (Å²) >= 11 is 12.2. The van der Waals surface area contributed by atoms with E-state index in [2.05, 4.69) is 5.32 Å². The highest BCUT2D eigenvalue weighted by Gasteiger charge is 2.27. The first kappa shape index (κ1) is 23.0. The van der Waals surface area contributed by atoms with Gasteiger partial charge in [0.25, 0.3) is 5.91 Å². The molecule has 0 radical (unpaired) electrons. The Morgan fingerprint density at radius 2 is 1.93 bits per heavy atom. The van der Waals surface area contributed by atoms with Crippen LogP contribution in [0.3, 0.4) is 0 Å². The van der Waals surface area contributed by atoms with Crippen LogP contribution in [0.5, 0.6) is 5.75 Å². The lowest BCUT2D eigenvalue weighted by atomic mass is 10.1. The zero-order valence-corrected chi connectivity index (χ0v) is 17.8. The summed E-state index contributed by atoms with van der Waals surface area (Å²) in [6, 6.07) is 9.95. The summed E-state index contributed by atoms with van der Waals surface area (Å²) in [4.78, 5) is 26.7. The van der Waals surface area contributed by atoms with Crippen molar-refractivity contribution in [3.63, 3.8) is 0 Å². The predicted octanol–water partition coefficient (Wildman–Crippen LogP) is 4.45. The van der Waals surface area contributed by atoms with Gasteiger partial charge in [0, 0.05) is 23.1 Å². The molecule has 0 bridgehead atoms. The summed E-state index contributed by atoms with van der Waals surface area (Å²) in [6.45, 7) is 3.71. The summed E-state index contributed by atoms with van der Waals surface area (Å²) in [7, 11) is 0. The molecule has 0 spiro atoms. The predicted molar refractivity (Wildman–Crippen MR) is 112 cm³/mol. The second-order valence-electron chi connectivity index (χ2n) is 6.44. The van der Waals surface area contributed by atoms with Gasteiger partial charge in [0.05, 0.1) is 0 Å². The molecule has 0 aliphatic carbocycles. The molecule has 2 amide bonds. The molecule has 1 N–H and O–H groups in total. The molecule has 5 nitrogen and oxygen atoms in total. The first-order valence-corrected chi connectivity index (χ1v) is 9.97. The Balaban J connectivity index is 2.19. The van der Waals surface area contributed by atoms with Crippen LogP contribution in [0.1, 0.15) is 25.8 Å². The number of amides is 2. The quantitative estimate of drug-likeness (QED) is 0.626. The van der Waals surface area contributed by atoms with Crippen LogP contribution in [0, 0.1) is 5.82 Å². The van der Waals surface area contributed by atoms with Gasteiger partial charge < -0.3 is 15.0 Å². The Kier molecular flexibility index (Phi) is 8.73. The van der Waals surface area contributed by atoms with Crippen molar-refractivity contribution in [1.82, 2.24) is 10.2 Å². The van der Waals surface area contributed by atoms with Crippen molar-refractivity contribution in [2.24, 2.45) is 0 Å². The zero-order valence-electron chi connectivity index (χ0n) is 16.3. The van der Waals surface area contributed by atoms with Crippen molar-refractivity contribution in [2.75, 3.05) is 13.2 Å². The van der Waals surface area contributed by atoms with Gasteiger partial charge in [-0.25, -0.2) is 4.39 Å².